The summed E-state index contributed by atoms with van der Waals surface area (Å²) >= 11 is 3.07. The maximum absolute atomic E-state index is 13.2. The summed E-state index contributed by atoms with van der Waals surface area (Å²) in [4.78, 5) is 24.5. The van der Waals surface area contributed by atoms with Crippen LogP contribution in [0.15, 0.2) is 41.7 Å². The van der Waals surface area contributed by atoms with Crippen LogP contribution in [0.25, 0.3) is 20.7 Å². The molecule has 0 bridgehead atoms. The molecule has 4 nitrogen and oxygen atoms in total. The number of rotatable bonds is 4. The van der Waals surface area contributed by atoms with E-state index in [2.05, 4.69) is 9.97 Å². The second-order valence-electron chi connectivity index (χ2n) is 6.66. The molecular weight excluding hydrogens is 381 g/mol. The lowest BCUT2D eigenvalue weighted by Crippen LogP contribution is -2.40. The molecule has 4 rings (SSSR count). The van der Waals surface area contributed by atoms with Gasteiger partial charge in [-0.15, -0.1) is 11.3 Å². The Morgan fingerprint density at radius 3 is 2.67 bits per heavy atom. The maximum Gasteiger partial charge on any atom is 0.235 e. The molecule has 27 heavy (non-hydrogen) atoms. The van der Waals surface area contributed by atoms with Crippen molar-refractivity contribution >= 4 is 39.2 Å². The van der Waals surface area contributed by atoms with Crippen LogP contribution in [0.4, 0.5) is 4.39 Å². The number of piperidine rings is 1. The van der Waals surface area contributed by atoms with Crippen LogP contribution in [0.3, 0.4) is 0 Å². The summed E-state index contributed by atoms with van der Waals surface area (Å²) in [5, 5.41) is 0.647. The Kier molecular flexibility index (Phi) is 5.41. The summed E-state index contributed by atoms with van der Waals surface area (Å²) in [6.45, 7) is 3.66. The molecule has 3 heterocycles. The average molecular weight is 402 g/mol. The molecular formula is C20H20FN3OS2. The summed E-state index contributed by atoms with van der Waals surface area (Å²) in [5.41, 5.74) is 1.81. The van der Waals surface area contributed by atoms with Crippen LogP contribution in [0.1, 0.15) is 26.2 Å². The van der Waals surface area contributed by atoms with E-state index in [9.17, 15) is 9.18 Å². The number of amides is 1. The van der Waals surface area contributed by atoms with E-state index in [1.807, 2.05) is 17.9 Å². The molecule has 2 aromatic heterocycles. The van der Waals surface area contributed by atoms with Gasteiger partial charge in [0.2, 0.25) is 5.91 Å². The first-order chi connectivity index (χ1) is 13.1. The van der Waals surface area contributed by atoms with Crippen molar-refractivity contribution in [1.29, 1.82) is 0 Å². The van der Waals surface area contributed by atoms with Gasteiger partial charge < -0.3 is 4.90 Å². The highest BCUT2D eigenvalue weighted by atomic mass is 32.2. The first-order valence-electron chi connectivity index (χ1n) is 9.08. The zero-order valence-corrected chi connectivity index (χ0v) is 16.7. The van der Waals surface area contributed by atoms with Crippen molar-refractivity contribution in [3.05, 3.63) is 42.5 Å². The number of thiophene rings is 1. The summed E-state index contributed by atoms with van der Waals surface area (Å²) in [7, 11) is 0. The van der Waals surface area contributed by atoms with Crippen molar-refractivity contribution in [2.45, 2.75) is 36.5 Å². The minimum absolute atomic E-state index is 0.182. The number of benzene rings is 1. The van der Waals surface area contributed by atoms with Crippen LogP contribution in [-0.2, 0) is 4.79 Å². The van der Waals surface area contributed by atoms with Crippen molar-refractivity contribution in [2.75, 3.05) is 13.1 Å². The normalized spacial score (nSPS) is 15.9. The molecule has 0 radical (unpaired) electrons. The number of halogens is 1. The third kappa shape index (κ3) is 3.99. The topological polar surface area (TPSA) is 46.1 Å². The Labute approximate surface area is 165 Å². The standard InChI is InChI=1S/C20H20FN3OS2/c1-13(20(25)24-9-3-2-4-10-24)26-19-18-16(22-12-23-19)11-17(27-18)14-5-7-15(21)8-6-14/h5-8,11-13H,2-4,9-10H2,1H3/t13-/m0/s1. The van der Waals surface area contributed by atoms with E-state index in [0.29, 0.717) is 0 Å². The molecule has 0 saturated carbocycles. The van der Waals surface area contributed by atoms with Crippen molar-refractivity contribution < 1.29 is 9.18 Å². The number of likely N-dealkylation sites (tertiary alicyclic amines) is 1. The lowest BCUT2D eigenvalue weighted by molar-refractivity contribution is -0.131. The molecule has 7 heteroatoms. The van der Waals surface area contributed by atoms with E-state index in [-0.39, 0.29) is 17.0 Å². The van der Waals surface area contributed by atoms with E-state index in [1.54, 1.807) is 29.8 Å². The first kappa shape index (κ1) is 18.4. The average Bonchev–Trinajstić information content (AvgIpc) is 3.14. The van der Waals surface area contributed by atoms with Crippen molar-refractivity contribution in [3.8, 4) is 10.4 Å². The summed E-state index contributed by atoms with van der Waals surface area (Å²) in [6, 6.07) is 8.45. The second kappa shape index (κ2) is 7.94. The highest BCUT2D eigenvalue weighted by Gasteiger charge is 2.24. The largest absolute Gasteiger partial charge is 0.342 e. The molecule has 0 unspecified atom stereocenters. The fourth-order valence-corrected chi connectivity index (χ4v) is 5.44. The molecule has 1 atom stereocenters. The third-order valence-electron chi connectivity index (χ3n) is 4.71. The number of hydrogen-bond acceptors (Lipinski definition) is 5. The van der Waals surface area contributed by atoms with Gasteiger partial charge in [-0.05, 0) is 49.9 Å². The highest BCUT2D eigenvalue weighted by molar-refractivity contribution is 8.00. The van der Waals surface area contributed by atoms with E-state index < -0.39 is 0 Å². The van der Waals surface area contributed by atoms with Gasteiger partial charge in [0.15, 0.2) is 0 Å². The molecule has 1 fully saturated rings. The van der Waals surface area contributed by atoms with Gasteiger partial charge in [0.25, 0.3) is 0 Å². The van der Waals surface area contributed by atoms with E-state index >= 15 is 0 Å². The van der Waals surface area contributed by atoms with Crippen molar-refractivity contribution in [1.82, 2.24) is 14.9 Å². The molecule has 0 spiro atoms. The fourth-order valence-electron chi connectivity index (χ4n) is 3.26. The number of hydrogen-bond donors (Lipinski definition) is 0. The third-order valence-corrected chi connectivity index (χ3v) is 7.11. The minimum atomic E-state index is -0.249. The SMILES string of the molecule is C[C@H](Sc1ncnc2cc(-c3ccc(F)cc3)sc12)C(=O)N1CCCCC1. The Hall–Kier alpha value is -1.99. The zero-order chi connectivity index (χ0) is 18.8. The highest BCUT2D eigenvalue weighted by Crippen LogP contribution is 2.38. The van der Waals surface area contributed by atoms with Gasteiger partial charge in [-0.25, -0.2) is 14.4 Å². The Morgan fingerprint density at radius 2 is 1.93 bits per heavy atom. The van der Waals surface area contributed by atoms with Gasteiger partial charge in [-0.1, -0.05) is 23.9 Å². The van der Waals surface area contributed by atoms with Crippen molar-refractivity contribution in [3.63, 3.8) is 0 Å². The van der Waals surface area contributed by atoms with Crippen LogP contribution in [0.5, 0.6) is 0 Å². The van der Waals surface area contributed by atoms with Crippen LogP contribution >= 0.6 is 23.1 Å². The molecule has 1 saturated heterocycles. The van der Waals surface area contributed by atoms with Crippen LogP contribution in [0.2, 0.25) is 0 Å². The number of fused-ring (bicyclic) bond motifs is 1. The molecule has 0 aliphatic carbocycles. The van der Waals surface area contributed by atoms with E-state index in [1.165, 1.54) is 30.3 Å². The molecule has 1 aromatic carbocycles. The molecule has 0 N–H and O–H groups in total. The minimum Gasteiger partial charge on any atom is -0.342 e. The molecule has 1 amide bonds. The van der Waals surface area contributed by atoms with Gasteiger partial charge in [0.05, 0.1) is 15.5 Å². The van der Waals surface area contributed by atoms with Gasteiger partial charge in [-0.2, -0.15) is 0 Å². The Bertz CT molecular complexity index is 952. The Morgan fingerprint density at radius 1 is 1.19 bits per heavy atom. The van der Waals surface area contributed by atoms with E-state index in [4.69, 9.17) is 0 Å². The smallest absolute Gasteiger partial charge is 0.235 e. The van der Waals surface area contributed by atoms with Gasteiger partial charge in [0, 0.05) is 18.0 Å². The monoisotopic (exact) mass is 401 g/mol. The predicted molar refractivity (Wildman–Crippen MR) is 109 cm³/mol. The Balaban J connectivity index is 1.58. The molecule has 140 valence electrons. The van der Waals surface area contributed by atoms with Gasteiger partial charge in [0.1, 0.15) is 17.2 Å². The summed E-state index contributed by atoms with van der Waals surface area (Å²) in [5.74, 6) is -0.0669. The van der Waals surface area contributed by atoms with Crippen molar-refractivity contribution in [2.24, 2.45) is 0 Å². The number of carbonyl (C=O) groups excluding carboxylic acids is 1. The van der Waals surface area contributed by atoms with Crippen LogP contribution < -0.4 is 0 Å². The van der Waals surface area contributed by atoms with Gasteiger partial charge in [-0.3, -0.25) is 4.79 Å². The molecule has 3 aromatic rings. The number of nitrogens with zero attached hydrogens (tertiary/aromatic N) is 3. The van der Waals surface area contributed by atoms with Crippen LogP contribution in [-0.4, -0.2) is 39.1 Å². The maximum atomic E-state index is 13.2. The number of carbonyl (C=O) groups is 1. The van der Waals surface area contributed by atoms with E-state index in [0.717, 1.165) is 51.6 Å². The van der Waals surface area contributed by atoms with Crippen LogP contribution in [0, 0.1) is 5.82 Å². The number of thioether (sulfide) groups is 1. The summed E-state index contributed by atoms with van der Waals surface area (Å²) in [6.07, 6.45) is 4.93. The quantitative estimate of drug-likeness (QED) is 0.456. The predicted octanol–water partition coefficient (Wildman–Crippen LogP) is 4.99. The lowest BCUT2D eigenvalue weighted by Gasteiger charge is -2.28. The lowest BCUT2D eigenvalue weighted by atomic mass is 10.1. The fraction of sp³-hybridized carbons (Fsp3) is 0.350. The second-order valence-corrected chi connectivity index (χ2v) is 9.04. The molecule has 1 aliphatic heterocycles. The summed E-state index contributed by atoms with van der Waals surface area (Å²) < 4.78 is 14.2. The number of aromatic nitrogens is 2. The van der Waals surface area contributed by atoms with Gasteiger partial charge >= 0.3 is 0 Å². The first-order valence-corrected chi connectivity index (χ1v) is 10.8. The molecule has 1 aliphatic rings. The zero-order valence-electron chi connectivity index (χ0n) is 15.0.